The molecular weight excluding hydrogens is 116 g/mol. The van der Waals surface area contributed by atoms with Crippen molar-refractivity contribution in [1.82, 2.24) is 20.4 Å². The molecule has 0 amide bonds. The predicted molar refractivity (Wildman–Crippen MR) is 30.5 cm³/mol. The number of fused-ring (bicyclic) bond motifs is 1. The van der Waals surface area contributed by atoms with Gasteiger partial charge < -0.3 is 0 Å². The molecule has 4 nitrogen and oxygen atoms in total. The number of pyridine rings is 1. The predicted octanol–water partition coefficient (Wildman–Crippen LogP) is 0.153. The molecule has 2 aromatic heterocycles. The van der Waals surface area contributed by atoms with Crippen LogP contribution in [0.1, 0.15) is 0 Å². The second kappa shape index (κ2) is 1.51. The van der Waals surface area contributed by atoms with Gasteiger partial charge in [0, 0.05) is 12.3 Å². The van der Waals surface area contributed by atoms with Crippen molar-refractivity contribution in [3.63, 3.8) is 0 Å². The van der Waals surface area contributed by atoms with E-state index in [1.165, 1.54) is 0 Å². The number of aromatic nitrogens is 4. The maximum atomic E-state index is 3.88. The molecule has 2 heterocycles. The molecule has 43 valence electrons. The zero-order valence-corrected chi connectivity index (χ0v) is 4.50. The van der Waals surface area contributed by atoms with Gasteiger partial charge in [0.25, 0.3) is 0 Å². The van der Waals surface area contributed by atoms with Gasteiger partial charge in [-0.3, -0.25) is 5.10 Å². The Hall–Kier alpha value is -1.45. The summed E-state index contributed by atoms with van der Waals surface area (Å²) in [6.45, 7) is 0. The Morgan fingerprint density at radius 2 is 2.56 bits per heavy atom. The largest absolute Gasteiger partial charge is 0.256 e. The number of nitrogens with zero attached hydrogens (tertiary/aromatic N) is 3. The van der Waals surface area contributed by atoms with E-state index in [4.69, 9.17) is 0 Å². The van der Waals surface area contributed by atoms with Gasteiger partial charge in [-0.05, 0) is 6.07 Å². The number of rotatable bonds is 0. The molecule has 2 rings (SSSR count). The molecule has 9 heavy (non-hydrogen) atoms. The monoisotopic (exact) mass is 119 g/mol. The molecule has 0 aliphatic heterocycles. The van der Waals surface area contributed by atoms with E-state index in [0.29, 0.717) is 5.65 Å². The smallest absolute Gasteiger partial charge is 0.201 e. The van der Waals surface area contributed by atoms with Crippen molar-refractivity contribution in [2.75, 3.05) is 0 Å². The maximum Gasteiger partial charge on any atom is 0.201 e. The van der Waals surface area contributed by atoms with E-state index in [1.54, 1.807) is 12.3 Å². The first-order chi connectivity index (χ1) is 4.47. The average molecular weight is 119 g/mol. The minimum Gasteiger partial charge on any atom is -0.256 e. The zero-order valence-electron chi connectivity index (χ0n) is 4.50. The van der Waals surface area contributed by atoms with Gasteiger partial charge in [0.1, 0.15) is 5.52 Å². The molecule has 4 heteroatoms. The second-order valence-electron chi connectivity index (χ2n) is 1.62. The summed E-state index contributed by atoms with van der Waals surface area (Å²) in [4.78, 5) is 3.88. The fourth-order valence-electron chi connectivity index (χ4n) is 0.641. The van der Waals surface area contributed by atoms with Gasteiger partial charge in [-0.1, -0.05) is 5.21 Å². The van der Waals surface area contributed by atoms with E-state index in [9.17, 15) is 0 Å². The van der Waals surface area contributed by atoms with Crippen LogP contribution in [-0.4, -0.2) is 20.4 Å². The van der Waals surface area contributed by atoms with Crippen molar-refractivity contribution in [1.29, 1.82) is 0 Å². The Labute approximate surface area is 50.9 Å². The van der Waals surface area contributed by atoms with Gasteiger partial charge in [0.15, 0.2) is 0 Å². The molecule has 0 unspecified atom stereocenters. The van der Waals surface area contributed by atoms with Crippen molar-refractivity contribution in [3.05, 3.63) is 18.3 Å². The lowest BCUT2D eigenvalue weighted by atomic mass is 10.4. The Morgan fingerprint density at radius 1 is 1.56 bits per heavy atom. The molecule has 0 saturated heterocycles. The highest BCUT2D eigenvalue weighted by Crippen LogP contribution is 1.98. The first kappa shape index (κ1) is 4.43. The van der Waals surface area contributed by atoms with Crippen molar-refractivity contribution >= 4 is 11.2 Å². The molecule has 0 bridgehead atoms. The Kier molecular flexibility index (Phi) is 0.745. The highest BCUT2D eigenvalue weighted by atomic mass is 15.3. The third-order valence-electron chi connectivity index (χ3n) is 1.05. The van der Waals surface area contributed by atoms with Crippen LogP contribution in [0.5, 0.6) is 0 Å². The van der Waals surface area contributed by atoms with Gasteiger partial charge in [0.2, 0.25) is 5.65 Å². The SMILES string of the molecule is [c]1cnc2nn[nH]c2c1. The number of hydrogen-bond acceptors (Lipinski definition) is 3. The van der Waals surface area contributed by atoms with E-state index >= 15 is 0 Å². The topological polar surface area (TPSA) is 54.5 Å². The van der Waals surface area contributed by atoms with Crippen LogP contribution in [0.15, 0.2) is 12.3 Å². The minimum atomic E-state index is 0.633. The number of hydrogen-bond donors (Lipinski definition) is 1. The molecule has 0 fully saturated rings. The number of aromatic amines is 1. The van der Waals surface area contributed by atoms with Crippen LogP contribution in [0, 0.1) is 6.07 Å². The molecule has 0 atom stereocenters. The average Bonchev–Trinajstić information content (AvgIpc) is 2.33. The van der Waals surface area contributed by atoms with Crippen LogP contribution in [-0.2, 0) is 0 Å². The Morgan fingerprint density at radius 3 is 3.44 bits per heavy atom. The lowest BCUT2D eigenvalue weighted by Crippen LogP contribution is -1.72. The first-order valence-corrected chi connectivity index (χ1v) is 2.50. The third-order valence-corrected chi connectivity index (χ3v) is 1.05. The quantitative estimate of drug-likeness (QED) is 0.537. The molecule has 0 saturated carbocycles. The molecular formula is C5H3N4. The van der Waals surface area contributed by atoms with Crippen molar-refractivity contribution in [2.45, 2.75) is 0 Å². The third kappa shape index (κ3) is 0.561. The van der Waals surface area contributed by atoms with Crippen LogP contribution >= 0.6 is 0 Å². The van der Waals surface area contributed by atoms with Gasteiger partial charge in [-0.2, -0.15) is 0 Å². The summed E-state index contributed by atoms with van der Waals surface area (Å²) < 4.78 is 0. The Balaban J connectivity index is 2.95. The zero-order chi connectivity index (χ0) is 6.10. The van der Waals surface area contributed by atoms with Gasteiger partial charge >= 0.3 is 0 Å². The van der Waals surface area contributed by atoms with E-state index in [0.717, 1.165) is 5.52 Å². The summed E-state index contributed by atoms with van der Waals surface area (Å²) in [5.41, 5.74) is 1.45. The minimum absolute atomic E-state index is 0.633. The summed E-state index contributed by atoms with van der Waals surface area (Å²) in [5.74, 6) is 0. The highest BCUT2D eigenvalue weighted by Gasteiger charge is 1.92. The van der Waals surface area contributed by atoms with Gasteiger partial charge in [0.05, 0.1) is 0 Å². The number of nitrogens with one attached hydrogen (secondary N) is 1. The van der Waals surface area contributed by atoms with Crippen LogP contribution in [0.25, 0.3) is 11.2 Å². The summed E-state index contributed by atoms with van der Waals surface area (Å²) >= 11 is 0. The molecule has 1 radical (unpaired) electrons. The highest BCUT2D eigenvalue weighted by molar-refractivity contribution is 5.67. The van der Waals surface area contributed by atoms with Crippen LogP contribution in [0.4, 0.5) is 0 Å². The van der Waals surface area contributed by atoms with Crippen LogP contribution < -0.4 is 0 Å². The van der Waals surface area contributed by atoms with Gasteiger partial charge in [-0.25, -0.2) is 4.98 Å². The number of H-pyrrole nitrogens is 1. The maximum absolute atomic E-state index is 3.88. The van der Waals surface area contributed by atoms with Crippen LogP contribution in [0.2, 0.25) is 0 Å². The van der Waals surface area contributed by atoms with Crippen molar-refractivity contribution in [2.24, 2.45) is 0 Å². The van der Waals surface area contributed by atoms with E-state index in [2.05, 4.69) is 26.5 Å². The van der Waals surface area contributed by atoms with Crippen molar-refractivity contribution < 1.29 is 0 Å². The Bertz CT molecular complexity index is 283. The fraction of sp³-hybridized carbons (Fsp3) is 0. The molecule has 1 N–H and O–H groups in total. The van der Waals surface area contributed by atoms with E-state index in [-0.39, 0.29) is 0 Å². The lowest BCUT2D eigenvalue weighted by molar-refractivity contribution is 0.954. The summed E-state index contributed by atoms with van der Waals surface area (Å²) in [5, 5.41) is 9.89. The molecule has 0 aliphatic carbocycles. The second-order valence-corrected chi connectivity index (χ2v) is 1.62. The molecule has 2 aromatic rings. The standard InChI is InChI=1S/C5H3N4/c1-2-4-5(6-3-1)8-9-7-4/h2-3H,(H,6,7,8,9). The summed E-state index contributed by atoms with van der Waals surface area (Å²) in [6, 6.07) is 4.55. The normalized spacial score (nSPS) is 10.2. The summed E-state index contributed by atoms with van der Waals surface area (Å²) in [7, 11) is 0. The lowest BCUT2D eigenvalue weighted by Gasteiger charge is -1.78. The summed E-state index contributed by atoms with van der Waals surface area (Å²) in [6.07, 6.45) is 1.56. The molecule has 0 aliphatic rings. The van der Waals surface area contributed by atoms with E-state index < -0.39 is 0 Å². The van der Waals surface area contributed by atoms with Crippen molar-refractivity contribution in [3.8, 4) is 0 Å². The van der Waals surface area contributed by atoms with E-state index in [1.807, 2.05) is 0 Å². The molecule has 0 spiro atoms. The first-order valence-electron chi connectivity index (χ1n) is 2.50. The fourth-order valence-corrected chi connectivity index (χ4v) is 0.641. The van der Waals surface area contributed by atoms with Crippen LogP contribution in [0.3, 0.4) is 0 Å². The molecule has 0 aromatic carbocycles. The van der Waals surface area contributed by atoms with Gasteiger partial charge in [-0.15, -0.1) is 5.10 Å².